The highest BCUT2D eigenvalue weighted by Crippen LogP contribution is 2.27. The molecule has 21 heavy (non-hydrogen) atoms. The van der Waals surface area contributed by atoms with Crippen molar-refractivity contribution in [3.63, 3.8) is 0 Å². The fourth-order valence-electron chi connectivity index (χ4n) is 2.71. The molecule has 7 heteroatoms. The SMILES string of the molecule is COc1ccc(OC)c([C@H](C)[NH2+][C@H]2CS(=O)(=O)C[C@@H]2O)c1. The lowest BCUT2D eigenvalue weighted by Crippen LogP contribution is -2.92. The van der Waals surface area contributed by atoms with Crippen LogP contribution in [0, 0.1) is 0 Å². The maximum atomic E-state index is 11.6. The van der Waals surface area contributed by atoms with Gasteiger partial charge in [-0.25, -0.2) is 8.42 Å². The summed E-state index contributed by atoms with van der Waals surface area (Å²) in [5.74, 6) is 1.28. The number of rotatable bonds is 5. The monoisotopic (exact) mass is 316 g/mol. The Hall–Kier alpha value is -1.31. The molecule has 1 aromatic carbocycles. The average Bonchev–Trinajstić information content (AvgIpc) is 2.70. The van der Waals surface area contributed by atoms with Crippen LogP contribution in [0.5, 0.6) is 11.5 Å². The molecule has 118 valence electrons. The van der Waals surface area contributed by atoms with Crippen LogP contribution < -0.4 is 14.8 Å². The van der Waals surface area contributed by atoms with Gasteiger partial charge in [0.1, 0.15) is 35.4 Å². The van der Waals surface area contributed by atoms with Crippen molar-refractivity contribution < 1.29 is 28.3 Å². The van der Waals surface area contributed by atoms with Crippen LogP contribution in [0.15, 0.2) is 18.2 Å². The summed E-state index contributed by atoms with van der Waals surface area (Å²) in [7, 11) is 0.0426. The largest absolute Gasteiger partial charge is 0.497 e. The van der Waals surface area contributed by atoms with E-state index in [9.17, 15) is 13.5 Å². The number of methoxy groups -OCH3 is 2. The number of benzene rings is 1. The van der Waals surface area contributed by atoms with Gasteiger partial charge in [0, 0.05) is 0 Å². The molecule has 6 nitrogen and oxygen atoms in total. The number of nitrogens with two attached hydrogens (primary N) is 1. The minimum atomic E-state index is -3.14. The normalized spacial score (nSPS) is 25.5. The van der Waals surface area contributed by atoms with Gasteiger partial charge in [-0.3, -0.25) is 0 Å². The minimum Gasteiger partial charge on any atom is -0.497 e. The van der Waals surface area contributed by atoms with Gasteiger partial charge in [-0.2, -0.15) is 0 Å². The molecule has 0 bridgehead atoms. The molecule has 0 unspecified atom stereocenters. The van der Waals surface area contributed by atoms with Crippen molar-refractivity contribution >= 4 is 9.84 Å². The predicted molar refractivity (Wildman–Crippen MR) is 78.3 cm³/mol. The summed E-state index contributed by atoms with van der Waals surface area (Å²) in [5.41, 5.74) is 0.911. The zero-order valence-corrected chi connectivity index (χ0v) is 13.3. The highest BCUT2D eigenvalue weighted by atomic mass is 32.2. The number of hydrogen-bond donors (Lipinski definition) is 2. The number of aliphatic hydroxyl groups excluding tert-OH is 1. The van der Waals surface area contributed by atoms with Gasteiger partial charge in [0.05, 0.1) is 25.5 Å². The van der Waals surface area contributed by atoms with Gasteiger partial charge < -0.3 is 19.9 Å². The smallest absolute Gasteiger partial charge is 0.159 e. The summed E-state index contributed by atoms with van der Waals surface area (Å²) < 4.78 is 33.7. The van der Waals surface area contributed by atoms with E-state index in [1.54, 1.807) is 14.2 Å². The van der Waals surface area contributed by atoms with Crippen molar-refractivity contribution in [3.05, 3.63) is 23.8 Å². The highest BCUT2D eigenvalue weighted by molar-refractivity contribution is 7.91. The highest BCUT2D eigenvalue weighted by Gasteiger charge is 2.40. The third kappa shape index (κ3) is 3.66. The summed E-state index contributed by atoms with van der Waals surface area (Å²) in [6.07, 6.45) is -0.825. The molecule has 0 aromatic heterocycles. The Bertz CT molecular complexity index is 601. The Morgan fingerprint density at radius 2 is 2.00 bits per heavy atom. The Kier molecular flexibility index (Phi) is 4.75. The van der Waals surface area contributed by atoms with Crippen LogP contribution in [-0.2, 0) is 9.84 Å². The first kappa shape index (κ1) is 16.1. The fraction of sp³-hybridized carbons (Fsp3) is 0.571. The van der Waals surface area contributed by atoms with Crippen LogP contribution in [0.3, 0.4) is 0 Å². The molecule has 1 aromatic rings. The van der Waals surface area contributed by atoms with Gasteiger partial charge in [0.2, 0.25) is 0 Å². The van der Waals surface area contributed by atoms with Crippen LogP contribution in [-0.4, -0.2) is 51.4 Å². The fourth-order valence-corrected chi connectivity index (χ4v) is 4.53. The third-order valence-electron chi connectivity index (χ3n) is 3.83. The van der Waals surface area contributed by atoms with E-state index in [-0.39, 0.29) is 23.6 Å². The molecule has 1 fully saturated rings. The Morgan fingerprint density at radius 3 is 2.52 bits per heavy atom. The number of hydrogen-bond acceptors (Lipinski definition) is 5. The van der Waals surface area contributed by atoms with Crippen molar-refractivity contribution in [2.75, 3.05) is 25.7 Å². The molecular formula is C14H22NO5S+. The Morgan fingerprint density at radius 1 is 1.29 bits per heavy atom. The second kappa shape index (κ2) is 6.21. The molecule has 0 amide bonds. The van der Waals surface area contributed by atoms with Gasteiger partial charge in [0.15, 0.2) is 9.84 Å². The van der Waals surface area contributed by atoms with Crippen LogP contribution >= 0.6 is 0 Å². The first-order valence-electron chi connectivity index (χ1n) is 6.81. The van der Waals surface area contributed by atoms with Gasteiger partial charge in [-0.05, 0) is 25.1 Å². The molecule has 1 heterocycles. The van der Waals surface area contributed by atoms with E-state index >= 15 is 0 Å². The molecule has 0 saturated carbocycles. The molecule has 1 saturated heterocycles. The molecule has 3 N–H and O–H groups in total. The second-order valence-electron chi connectivity index (χ2n) is 5.40. The van der Waals surface area contributed by atoms with Gasteiger partial charge in [0.25, 0.3) is 0 Å². The molecular weight excluding hydrogens is 294 g/mol. The summed E-state index contributed by atoms with van der Waals surface area (Å²) in [5, 5.41) is 11.8. The van der Waals surface area contributed by atoms with Crippen molar-refractivity contribution in [1.29, 1.82) is 0 Å². The van der Waals surface area contributed by atoms with E-state index < -0.39 is 15.9 Å². The van der Waals surface area contributed by atoms with E-state index in [4.69, 9.17) is 9.47 Å². The van der Waals surface area contributed by atoms with Crippen LogP contribution in [0.1, 0.15) is 18.5 Å². The van der Waals surface area contributed by atoms with Crippen molar-refractivity contribution in [2.24, 2.45) is 0 Å². The number of sulfone groups is 1. The predicted octanol–water partition coefficient (Wildman–Crippen LogP) is -0.514. The summed E-state index contributed by atoms with van der Waals surface area (Å²) >= 11 is 0. The maximum absolute atomic E-state index is 11.6. The van der Waals surface area contributed by atoms with Gasteiger partial charge in [-0.15, -0.1) is 0 Å². The molecule has 0 radical (unpaired) electrons. The summed E-state index contributed by atoms with van der Waals surface area (Å²) in [6.45, 7) is 1.95. The third-order valence-corrected chi connectivity index (χ3v) is 5.57. The van der Waals surface area contributed by atoms with E-state index in [2.05, 4.69) is 0 Å². The summed E-state index contributed by atoms with van der Waals surface area (Å²) in [4.78, 5) is 0. The quantitative estimate of drug-likeness (QED) is 0.763. The number of ether oxygens (including phenoxy) is 2. The standard InChI is InChI=1S/C14H21NO5S/c1-9(15-12-7-21(17,18)8-13(12)16)11-6-10(19-2)4-5-14(11)20-3/h4-6,9,12-13,15-16H,7-8H2,1-3H3/p+1/t9-,12-,13-/m0/s1. The Balaban J connectivity index is 2.18. The van der Waals surface area contributed by atoms with E-state index in [0.717, 1.165) is 11.3 Å². The maximum Gasteiger partial charge on any atom is 0.159 e. The van der Waals surface area contributed by atoms with E-state index in [1.807, 2.05) is 30.4 Å². The topological polar surface area (TPSA) is 89.4 Å². The van der Waals surface area contributed by atoms with Crippen LogP contribution in [0.25, 0.3) is 0 Å². The van der Waals surface area contributed by atoms with Gasteiger partial charge >= 0.3 is 0 Å². The van der Waals surface area contributed by atoms with E-state index in [0.29, 0.717) is 5.75 Å². The zero-order chi connectivity index (χ0) is 15.6. The number of quaternary nitrogens is 1. The average molecular weight is 316 g/mol. The van der Waals surface area contributed by atoms with Crippen LogP contribution in [0.4, 0.5) is 0 Å². The lowest BCUT2D eigenvalue weighted by atomic mass is 10.0. The molecule has 0 spiro atoms. The first-order chi connectivity index (χ1) is 9.86. The van der Waals surface area contributed by atoms with Crippen LogP contribution in [0.2, 0.25) is 0 Å². The molecule has 1 aliphatic heterocycles. The van der Waals surface area contributed by atoms with Crippen molar-refractivity contribution in [2.45, 2.75) is 25.1 Å². The minimum absolute atomic E-state index is 0.00475. The molecule has 3 atom stereocenters. The molecule has 1 aliphatic rings. The zero-order valence-electron chi connectivity index (χ0n) is 12.4. The lowest BCUT2D eigenvalue weighted by molar-refractivity contribution is -0.725. The molecule has 0 aliphatic carbocycles. The van der Waals surface area contributed by atoms with Crippen molar-refractivity contribution in [1.82, 2.24) is 0 Å². The van der Waals surface area contributed by atoms with Crippen molar-refractivity contribution in [3.8, 4) is 11.5 Å². The number of aliphatic hydroxyl groups is 1. The van der Waals surface area contributed by atoms with Gasteiger partial charge in [-0.1, -0.05) is 0 Å². The second-order valence-corrected chi connectivity index (χ2v) is 7.55. The first-order valence-corrected chi connectivity index (χ1v) is 8.64. The molecule has 2 rings (SSSR count). The summed E-state index contributed by atoms with van der Waals surface area (Å²) in [6, 6.07) is 5.10. The van der Waals surface area contributed by atoms with E-state index in [1.165, 1.54) is 0 Å². The lowest BCUT2D eigenvalue weighted by Gasteiger charge is -2.20. The Labute approximate surface area is 125 Å².